The van der Waals surface area contributed by atoms with Crippen molar-refractivity contribution in [2.24, 2.45) is 5.92 Å². The number of ether oxygens (including phenoxy) is 1. The van der Waals surface area contributed by atoms with Crippen LogP contribution in [0.5, 0.6) is 0 Å². The van der Waals surface area contributed by atoms with E-state index in [0.717, 1.165) is 31.2 Å². The van der Waals surface area contributed by atoms with Crippen molar-refractivity contribution in [1.82, 2.24) is 10.2 Å². The van der Waals surface area contributed by atoms with Gasteiger partial charge < -0.3 is 10.1 Å². The van der Waals surface area contributed by atoms with Gasteiger partial charge in [0.2, 0.25) is 0 Å². The lowest BCUT2D eigenvalue weighted by atomic mass is 9.90. The van der Waals surface area contributed by atoms with E-state index in [1.807, 2.05) is 0 Å². The summed E-state index contributed by atoms with van der Waals surface area (Å²) in [5, 5.41) is 3.69. The molecule has 0 bridgehead atoms. The smallest absolute Gasteiger partial charge is 0.0469 e. The Morgan fingerprint density at radius 2 is 2.06 bits per heavy atom. The molecule has 0 aromatic heterocycles. The first-order valence-electron chi connectivity index (χ1n) is 7.86. The minimum Gasteiger partial charge on any atom is -0.381 e. The number of likely N-dealkylation sites (tertiary alicyclic amines) is 1. The molecule has 18 heavy (non-hydrogen) atoms. The van der Waals surface area contributed by atoms with Gasteiger partial charge in [-0.15, -0.1) is 0 Å². The highest BCUT2D eigenvalue weighted by Gasteiger charge is 2.29. The molecule has 2 fully saturated rings. The lowest BCUT2D eigenvalue weighted by molar-refractivity contribution is 0.0215. The quantitative estimate of drug-likeness (QED) is 0.814. The lowest BCUT2D eigenvalue weighted by Crippen LogP contribution is -2.51. The fourth-order valence-electron chi connectivity index (χ4n) is 3.39. The second-order valence-electron chi connectivity index (χ2n) is 5.98. The Hall–Kier alpha value is -0.120. The van der Waals surface area contributed by atoms with Crippen LogP contribution in [0.4, 0.5) is 0 Å². The fraction of sp³-hybridized carbons (Fsp3) is 1.00. The van der Waals surface area contributed by atoms with Crippen molar-refractivity contribution in [3.63, 3.8) is 0 Å². The molecule has 2 unspecified atom stereocenters. The molecule has 0 aromatic carbocycles. The highest BCUT2D eigenvalue weighted by atomic mass is 16.5. The zero-order valence-corrected chi connectivity index (χ0v) is 12.2. The highest BCUT2D eigenvalue weighted by Crippen LogP contribution is 2.25. The third-order valence-electron chi connectivity index (χ3n) is 4.66. The van der Waals surface area contributed by atoms with Crippen molar-refractivity contribution < 1.29 is 4.74 Å². The molecule has 2 atom stereocenters. The van der Waals surface area contributed by atoms with E-state index in [-0.39, 0.29) is 0 Å². The van der Waals surface area contributed by atoms with E-state index in [9.17, 15) is 0 Å². The van der Waals surface area contributed by atoms with E-state index in [0.29, 0.717) is 0 Å². The molecule has 0 saturated carbocycles. The maximum atomic E-state index is 5.48. The first-order valence-corrected chi connectivity index (χ1v) is 7.86. The van der Waals surface area contributed by atoms with Crippen LogP contribution in [-0.4, -0.2) is 49.8 Å². The molecule has 2 aliphatic rings. The summed E-state index contributed by atoms with van der Waals surface area (Å²) in [7, 11) is 0. The summed E-state index contributed by atoms with van der Waals surface area (Å²) in [5.74, 6) is 0.851. The maximum absolute atomic E-state index is 5.48. The van der Waals surface area contributed by atoms with Gasteiger partial charge in [0, 0.05) is 31.8 Å². The molecule has 1 N–H and O–H groups in total. The Bertz CT molecular complexity index is 229. The van der Waals surface area contributed by atoms with Crippen molar-refractivity contribution >= 4 is 0 Å². The minimum absolute atomic E-state index is 0.723. The maximum Gasteiger partial charge on any atom is 0.0469 e. The molecule has 0 spiro atoms. The minimum atomic E-state index is 0.723. The molecule has 0 radical (unpaired) electrons. The third kappa shape index (κ3) is 3.94. The van der Waals surface area contributed by atoms with E-state index in [2.05, 4.69) is 24.1 Å². The van der Waals surface area contributed by atoms with E-state index < -0.39 is 0 Å². The van der Waals surface area contributed by atoms with Gasteiger partial charge in [0.1, 0.15) is 0 Å². The summed E-state index contributed by atoms with van der Waals surface area (Å²) in [4.78, 5) is 2.72. The van der Waals surface area contributed by atoms with Gasteiger partial charge in [-0.05, 0) is 58.0 Å². The van der Waals surface area contributed by atoms with Crippen molar-refractivity contribution in [3.05, 3.63) is 0 Å². The van der Waals surface area contributed by atoms with Crippen LogP contribution in [0.25, 0.3) is 0 Å². The predicted octanol–water partition coefficient (Wildman–Crippen LogP) is 2.27. The van der Waals surface area contributed by atoms with Crippen molar-refractivity contribution in [3.8, 4) is 0 Å². The summed E-state index contributed by atoms with van der Waals surface area (Å²) in [5.41, 5.74) is 0. The molecule has 3 nitrogen and oxygen atoms in total. The molecular formula is C15H30N2O. The third-order valence-corrected chi connectivity index (χ3v) is 4.66. The topological polar surface area (TPSA) is 24.5 Å². The number of nitrogens with one attached hydrogen (secondary N) is 1. The van der Waals surface area contributed by atoms with E-state index in [1.165, 1.54) is 51.7 Å². The predicted molar refractivity (Wildman–Crippen MR) is 75.9 cm³/mol. The molecule has 106 valence electrons. The van der Waals surface area contributed by atoms with Crippen molar-refractivity contribution in [1.29, 1.82) is 0 Å². The zero-order chi connectivity index (χ0) is 12.8. The molecule has 0 amide bonds. The summed E-state index contributed by atoms with van der Waals surface area (Å²) in [6.45, 7) is 10.3. The average Bonchev–Trinajstić information content (AvgIpc) is 2.45. The highest BCUT2D eigenvalue weighted by molar-refractivity contribution is 4.84. The second kappa shape index (κ2) is 7.46. The van der Waals surface area contributed by atoms with Crippen LogP contribution in [0.15, 0.2) is 0 Å². The van der Waals surface area contributed by atoms with Crippen LogP contribution in [0.3, 0.4) is 0 Å². The largest absolute Gasteiger partial charge is 0.381 e. The van der Waals surface area contributed by atoms with Crippen molar-refractivity contribution in [2.75, 3.05) is 32.8 Å². The molecule has 3 heteroatoms. The fourth-order valence-corrected chi connectivity index (χ4v) is 3.39. The molecule has 0 aliphatic carbocycles. The molecule has 2 aliphatic heterocycles. The van der Waals surface area contributed by atoms with Crippen LogP contribution in [0.2, 0.25) is 0 Å². The van der Waals surface area contributed by atoms with Gasteiger partial charge >= 0.3 is 0 Å². The van der Waals surface area contributed by atoms with Gasteiger partial charge in [-0.25, -0.2) is 0 Å². The number of hydrogen-bond donors (Lipinski definition) is 1. The van der Waals surface area contributed by atoms with E-state index in [4.69, 9.17) is 4.74 Å². The number of nitrogens with zero attached hydrogens (tertiary/aromatic N) is 1. The summed E-state index contributed by atoms with van der Waals surface area (Å²) in [6.07, 6.45) is 6.47. The lowest BCUT2D eigenvalue weighted by Gasteiger charge is -2.41. The van der Waals surface area contributed by atoms with Gasteiger partial charge in [-0.1, -0.05) is 6.92 Å². The monoisotopic (exact) mass is 254 g/mol. The average molecular weight is 254 g/mol. The molecule has 0 aromatic rings. The molecule has 2 heterocycles. The standard InChI is InChI=1S/C15H30N2O/c1-3-8-16-15-5-4-9-17(12-15)13(2)14-6-10-18-11-7-14/h13-16H,3-12H2,1-2H3. The Labute approximate surface area is 112 Å². The molecule has 2 saturated heterocycles. The molecule has 2 rings (SSSR count). The summed E-state index contributed by atoms with van der Waals surface area (Å²) < 4.78 is 5.48. The normalized spacial score (nSPS) is 29.3. The van der Waals surface area contributed by atoms with Crippen LogP contribution in [0, 0.1) is 5.92 Å². The van der Waals surface area contributed by atoms with Gasteiger partial charge in [-0.3, -0.25) is 4.90 Å². The number of piperidine rings is 1. The van der Waals surface area contributed by atoms with Crippen LogP contribution in [-0.2, 0) is 4.74 Å². The van der Waals surface area contributed by atoms with E-state index in [1.54, 1.807) is 0 Å². The van der Waals surface area contributed by atoms with Gasteiger partial charge in [0.15, 0.2) is 0 Å². The number of hydrogen-bond acceptors (Lipinski definition) is 3. The van der Waals surface area contributed by atoms with Crippen LogP contribution >= 0.6 is 0 Å². The Balaban J connectivity index is 1.79. The first-order chi connectivity index (χ1) is 8.81. The first kappa shape index (κ1) is 14.3. The van der Waals surface area contributed by atoms with Gasteiger partial charge in [0.25, 0.3) is 0 Å². The Morgan fingerprint density at radius 1 is 1.28 bits per heavy atom. The Kier molecular flexibility index (Phi) is 5.93. The van der Waals surface area contributed by atoms with Crippen LogP contribution in [0.1, 0.15) is 46.0 Å². The van der Waals surface area contributed by atoms with Crippen molar-refractivity contribution in [2.45, 2.75) is 58.0 Å². The summed E-state index contributed by atoms with van der Waals surface area (Å²) in [6, 6.07) is 1.46. The van der Waals surface area contributed by atoms with Gasteiger partial charge in [0.05, 0.1) is 0 Å². The van der Waals surface area contributed by atoms with E-state index >= 15 is 0 Å². The second-order valence-corrected chi connectivity index (χ2v) is 5.98. The van der Waals surface area contributed by atoms with Gasteiger partial charge in [-0.2, -0.15) is 0 Å². The molecular weight excluding hydrogens is 224 g/mol. The number of rotatable bonds is 5. The Morgan fingerprint density at radius 3 is 2.78 bits per heavy atom. The summed E-state index contributed by atoms with van der Waals surface area (Å²) >= 11 is 0. The van der Waals surface area contributed by atoms with Crippen LogP contribution < -0.4 is 5.32 Å². The zero-order valence-electron chi connectivity index (χ0n) is 12.2. The SMILES string of the molecule is CCCNC1CCCN(C(C)C2CCOCC2)C1.